The SMILES string of the molecule is Cc1ccc(C(F)(F)F)c2c(CCO)c[nH]c12. The van der Waals surface area contributed by atoms with Gasteiger partial charge in [0.25, 0.3) is 0 Å². The Labute approximate surface area is 96.1 Å². The molecular weight excluding hydrogens is 231 g/mol. The number of H-pyrrole nitrogens is 1. The smallest absolute Gasteiger partial charge is 0.396 e. The number of aliphatic hydroxyl groups is 1. The molecule has 0 bridgehead atoms. The second kappa shape index (κ2) is 4.07. The average Bonchev–Trinajstić information content (AvgIpc) is 2.62. The molecule has 1 aromatic heterocycles. The van der Waals surface area contributed by atoms with Crippen molar-refractivity contribution >= 4 is 10.9 Å². The van der Waals surface area contributed by atoms with Crippen LogP contribution < -0.4 is 0 Å². The normalized spacial score (nSPS) is 12.3. The number of aliphatic hydroxyl groups excluding tert-OH is 1. The van der Waals surface area contributed by atoms with Crippen molar-refractivity contribution in [1.82, 2.24) is 4.98 Å². The lowest BCUT2D eigenvalue weighted by Gasteiger charge is -2.10. The van der Waals surface area contributed by atoms with Gasteiger partial charge >= 0.3 is 6.18 Å². The summed E-state index contributed by atoms with van der Waals surface area (Å²) in [6, 6.07) is 2.54. The quantitative estimate of drug-likeness (QED) is 0.835. The van der Waals surface area contributed by atoms with Gasteiger partial charge in [-0.2, -0.15) is 13.2 Å². The molecular formula is C12H12F3NO. The summed E-state index contributed by atoms with van der Waals surface area (Å²) >= 11 is 0. The van der Waals surface area contributed by atoms with Crippen molar-refractivity contribution in [2.45, 2.75) is 19.5 Å². The van der Waals surface area contributed by atoms with Crippen LogP contribution in [-0.4, -0.2) is 16.7 Å². The van der Waals surface area contributed by atoms with Crippen LogP contribution in [-0.2, 0) is 12.6 Å². The Hall–Kier alpha value is -1.49. The highest BCUT2D eigenvalue weighted by Gasteiger charge is 2.33. The van der Waals surface area contributed by atoms with Crippen molar-refractivity contribution < 1.29 is 18.3 Å². The van der Waals surface area contributed by atoms with Crippen LogP contribution in [0, 0.1) is 6.92 Å². The summed E-state index contributed by atoms with van der Waals surface area (Å²) in [5, 5.41) is 9.04. The molecule has 0 amide bonds. The van der Waals surface area contributed by atoms with Gasteiger partial charge < -0.3 is 10.1 Å². The van der Waals surface area contributed by atoms with Gasteiger partial charge in [-0.15, -0.1) is 0 Å². The third-order valence-electron chi connectivity index (χ3n) is 2.81. The predicted octanol–water partition coefficient (Wildman–Crippen LogP) is 3.03. The number of halogens is 3. The minimum absolute atomic E-state index is 0.168. The number of rotatable bonds is 2. The van der Waals surface area contributed by atoms with Gasteiger partial charge in [0.2, 0.25) is 0 Å². The first-order valence-electron chi connectivity index (χ1n) is 5.22. The summed E-state index contributed by atoms with van der Waals surface area (Å²) in [5.74, 6) is 0. The van der Waals surface area contributed by atoms with Crippen molar-refractivity contribution in [1.29, 1.82) is 0 Å². The highest BCUT2D eigenvalue weighted by Crippen LogP contribution is 2.37. The van der Waals surface area contributed by atoms with E-state index < -0.39 is 11.7 Å². The average molecular weight is 243 g/mol. The maximum atomic E-state index is 12.9. The van der Waals surface area contributed by atoms with E-state index >= 15 is 0 Å². The number of alkyl halides is 3. The molecule has 2 rings (SSSR count). The Morgan fingerprint density at radius 1 is 1.29 bits per heavy atom. The molecule has 2 nitrogen and oxygen atoms in total. The molecule has 0 radical (unpaired) electrons. The minimum Gasteiger partial charge on any atom is -0.396 e. The van der Waals surface area contributed by atoms with Crippen LogP contribution in [0.5, 0.6) is 0 Å². The Morgan fingerprint density at radius 2 is 2.00 bits per heavy atom. The molecule has 17 heavy (non-hydrogen) atoms. The first-order valence-corrected chi connectivity index (χ1v) is 5.22. The van der Waals surface area contributed by atoms with Crippen LogP contribution in [0.4, 0.5) is 13.2 Å². The van der Waals surface area contributed by atoms with Crippen molar-refractivity contribution in [3.63, 3.8) is 0 Å². The van der Waals surface area contributed by atoms with E-state index in [4.69, 9.17) is 5.11 Å². The Balaban J connectivity index is 2.76. The molecule has 1 heterocycles. The number of fused-ring (bicyclic) bond motifs is 1. The summed E-state index contributed by atoms with van der Waals surface area (Å²) in [6.45, 7) is 1.58. The first kappa shape index (κ1) is 12.0. The summed E-state index contributed by atoms with van der Waals surface area (Å²) in [6.07, 6.45) is -2.63. The summed E-state index contributed by atoms with van der Waals surface area (Å²) in [7, 11) is 0. The minimum atomic E-state index is -4.38. The number of aryl methyl sites for hydroxylation is 1. The van der Waals surface area contributed by atoms with Crippen LogP contribution >= 0.6 is 0 Å². The number of nitrogens with one attached hydrogen (secondary N) is 1. The zero-order valence-corrected chi connectivity index (χ0v) is 9.23. The molecule has 2 N–H and O–H groups in total. The van der Waals surface area contributed by atoms with E-state index in [2.05, 4.69) is 4.98 Å². The van der Waals surface area contributed by atoms with Gasteiger partial charge in [-0.3, -0.25) is 0 Å². The molecule has 92 valence electrons. The Morgan fingerprint density at radius 3 is 2.59 bits per heavy atom. The fourth-order valence-corrected chi connectivity index (χ4v) is 2.01. The Kier molecular flexibility index (Phi) is 2.87. The van der Waals surface area contributed by atoms with Gasteiger partial charge in [0.1, 0.15) is 0 Å². The van der Waals surface area contributed by atoms with Crippen molar-refractivity contribution in [3.05, 3.63) is 35.0 Å². The third-order valence-corrected chi connectivity index (χ3v) is 2.81. The molecule has 0 aliphatic heterocycles. The zero-order valence-electron chi connectivity index (χ0n) is 9.23. The lowest BCUT2D eigenvalue weighted by atomic mass is 10.0. The van der Waals surface area contributed by atoms with Crippen molar-refractivity contribution in [2.24, 2.45) is 0 Å². The molecule has 0 saturated carbocycles. The largest absolute Gasteiger partial charge is 0.417 e. The standard InChI is InChI=1S/C12H12F3NO/c1-7-2-3-9(12(13,14)15)10-8(4-5-17)6-16-11(7)10/h2-3,6,16-17H,4-5H2,1H3. The monoisotopic (exact) mass is 243 g/mol. The third kappa shape index (κ3) is 2.02. The molecule has 0 atom stereocenters. The lowest BCUT2D eigenvalue weighted by Crippen LogP contribution is -2.06. The maximum Gasteiger partial charge on any atom is 0.417 e. The predicted molar refractivity (Wildman–Crippen MR) is 58.8 cm³/mol. The molecule has 0 saturated heterocycles. The zero-order chi connectivity index (χ0) is 12.6. The number of hydrogen-bond donors (Lipinski definition) is 2. The number of aromatic amines is 1. The van der Waals surface area contributed by atoms with E-state index in [0.717, 1.165) is 11.6 Å². The van der Waals surface area contributed by atoms with Gasteiger partial charge in [0.05, 0.1) is 5.56 Å². The van der Waals surface area contributed by atoms with Crippen molar-refractivity contribution in [3.8, 4) is 0 Å². The van der Waals surface area contributed by atoms with Crippen molar-refractivity contribution in [2.75, 3.05) is 6.61 Å². The first-order chi connectivity index (χ1) is 7.95. The number of benzene rings is 1. The maximum absolute atomic E-state index is 12.9. The summed E-state index contributed by atoms with van der Waals surface area (Å²) < 4.78 is 38.6. The van der Waals surface area contributed by atoms with Crippen LogP contribution in [0.25, 0.3) is 10.9 Å². The van der Waals surface area contributed by atoms with Gasteiger partial charge in [-0.25, -0.2) is 0 Å². The molecule has 0 unspecified atom stereocenters. The number of aromatic nitrogens is 1. The summed E-state index contributed by atoms with van der Waals surface area (Å²) in [5.41, 5.74) is 1.10. The van der Waals surface area contributed by atoms with Crippen LogP contribution in [0.3, 0.4) is 0 Å². The lowest BCUT2D eigenvalue weighted by molar-refractivity contribution is -0.136. The van der Waals surface area contributed by atoms with E-state index in [1.54, 1.807) is 6.92 Å². The van der Waals surface area contributed by atoms with Gasteiger partial charge in [-0.05, 0) is 30.5 Å². The van der Waals surface area contributed by atoms with Gasteiger partial charge in [0, 0.05) is 23.7 Å². The summed E-state index contributed by atoms with van der Waals surface area (Å²) in [4.78, 5) is 2.84. The van der Waals surface area contributed by atoms with Crippen LogP contribution in [0.15, 0.2) is 18.3 Å². The molecule has 0 fully saturated rings. The fourth-order valence-electron chi connectivity index (χ4n) is 2.01. The second-order valence-corrected chi connectivity index (χ2v) is 3.97. The van der Waals surface area contributed by atoms with E-state index in [1.807, 2.05) is 0 Å². The van der Waals surface area contributed by atoms with Gasteiger partial charge in [0.15, 0.2) is 0 Å². The molecule has 0 aliphatic rings. The van der Waals surface area contributed by atoms with Crippen LogP contribution in [0.2, 0.25) is 0 Å². The highest BCUT2D eigenvalue weighted by atomic mass is 19.4. The molecule has 5 heteroatoms. The van der Waals surface area contributed by atoms with E-state index in [9.17, 15) is 13.2 Å². The number of hydrogen-bond acceptors (Lipinski definition) is 1. The second-order valence-electron chi connectivity index (χ2n) is 3.97. The van der Waals surface area contributed by atoms with E-state index in [1.165, 1.54) is 12.3 Å². The van der Waals surface area contributed by atoms with E-state index in [0.29, 0.717) is 11.1 Å². The topological polar surface area (TPSA) is 36.0 Å². The van der Waals surface area contributed by atoms with Gasteiger partial charge in [-0.1, -0.05) is 6.07 Å². The fraction of sp³-hybridized carbons (Fsp3) is 0.333. The molecule has 0 spiro atoms. The Bertz CT molecular complexity index is 542. The van der Waals surface area contributed by atoms with E-state index in [-0.39, 0.29) is 18.4 Å². The van der Waals surface area contributed by atoms with Crippen LogP contribution in [0.1, 0.15) is 16.7 Å². The molecule has 2 aromatic rings. The highest BCUT2D eigenvalue weighted by molar-refractivity contribution is 5.89. The molecule has 1 aromatic carbocycles. The molecule has 0 aliphatic carbocycles.